The Balaban J connectivity index is 1.49. The first kappa shape index (κ1) is 18.7. The molecule has 2 atom stereocenters. The Morgan fingerprint density at radius 2 is 1.83 bits per heavy atom. The van der Waals surface area contributed by atoms with Crippen molar-refractivity contribution in [3.63, 3.8) is 0 Å². The number of halogens is 2. The Morgan fingerprint density at radius 1 is 1.10 bits per heavy atom. The molecule has 2 aliphatic rings. The lowest BCUT2D eigenvalue weighted by molar-refractivity contribution is -0.123. The van der Waals surface area contributed by atoms with Crippen LogP contribution < -0.4 is 10.2 Å². The van der Waals surface area contributed by atoms with Crippen LogP contribution >= 0.6 is 0 Å². The zero-order valence-corrected chi connectivity index (χ0v) is 15.2. The number of benzene rings is 2. The maximum atomic E-state index is 13.7. The summed E-state index contributed by atoms with van der Waals surface area (Å²) in [7, 11) is 0. The van der Waals surface area contributed by atoms with Gasteiger partial charge in [0.15, 0.2) is 12.1 Å². The highest BCUT2D eigenvalue weighted by molar-refractivity contribution is 6.25. The number of nitrogens with zero attached hydrogens (tertiary/aromatic N) is 4. The minimum absolute atomic E-state index is 0.209. The van der Waals surface area contributed by atoms with E-state index in [9.17, 15) is 23.2 Å². The summed E-state index contributed by atoms with van der Waals surface area (Å²) in [6.45, 7) is 1.45. The average Bonchev–Trinajstić information content (AvgIpc) is 3.19. The monoisotopic (exact) mass is 399 g/mol. The van der Waals surface area contributed by atoms with Crippen LogP contribution in [0.2, 0.25) is 0 Å². The number of nitrogens with one attached hydrogen (secondary N) is 1. The van der Waals surface area contributed by atoms with Crippen molar-refractivity contribution in [2.75, 3.05) is 16.8 Å². The molecular formula is C19H15F2N5O3. The fourth-order valence-corrected chi connectivity index (χ4v) is 3.23. The van der Waals surface area contributed by atoms with Crippen LogP contribution in [0.4, 0.5) is 20.2 Å². The quantitative estimate of drug-likeness (QED) is 0.798. The molecule has 2 aliphatic heterocycles. The van der Waals surface area contributed by atoms with Crippen molar-refractivity contribution in [1.29, 1.82) is 0 Å². The molecule has 0 aliphatic carbocycles. The van der Waals surface area contributed by atoms with Crippen LogP contribution in [0.25, 0.3) is 0 Å². The lowest BCUT2D eigenvalue weighted by atomic mass is 10.1. The molecular weight excluding hydrogens is 384 g/mol. The lowest BCUT2D eigenvalue weighted by Gasteiger charge is -2.20. The Bertz CT molecular complexity index is 1040. The summed E-state index contributed by atoms with van der Waals surface area (Å²) < 4.78 is 26.7. The van der Waals surface area contributed by atoms with Gasteiger partial charge in [-0.2, -0.15) is 5.11 Å². The molecule has 4 rings (SSSR count). The van der Waals surface area contributed by atoms with Gasteiger partial charge >= 0.3 is 0 Å². The van der Waals surface area contributed by atoms with E-state index in [0.717, 1.165) is 27.6 Å². The smallest absolute Gasteiger partial charge is 0.263 e. The summed E-state index contributed by atoms with van der Waals surface area (Å²) in [5, 5.41) is 11.0. The summed E-state index contributed by atoms with van der Waals surface area (Å²) in [6.07, 6.45) is 0. The predicted octanol–water partition coefficient (Wildman–Crippen LogP) is 2.21. The van der Waals surface area contributed by atoms with Crippen molar-refractivity contribution in [2.45, 2.75) is 19.0 Å². The second-order valence-electron chi connectivity index (χ2n) is 6.71. The Morgan fingerprint density at radius 3 is 2.52 bits per heavy atom. The lowest BCUT2D eigenvalue weighted by Crippen LogP contribution is -2.43. The van der Waals surface area contributed by atoms with Gasteiger partial charge in [0.25, 0.3) is 11.8 Å². The van der Waals surface area contributed by atoms with Crippen LogP contribution in [0, 0.1) is 18.6 Å². The molecule has 1 saturated heterocycles. The molecule has 0 saturated carbocycles. The second kappa shape index (κ2) is 7.04. The van der Waals surface area contributed by atoms with Crippen LogP contribution in [0.5, 0.6) is 0 Å². The van der Waals surface area contributed by atoms with Crippen molar-refractivity contribution < 1.29 is 23.2 Å². The number of carbonyl (C=O) groups is 3. The van der Waals surface area contributed by atoms with Gasteiger partial charge in [0.1, 0.15) is 18.2 Å². The van der Waals surface area contributed by atoms with Gasteiger partial charge < -0.3 is 5.32 Å². The third-order valence-electron chi connectivity index (χ3n) is 4.66. The van der Waals surface area contributed by atoms with Crippen molar-refractivity contribution >= 4 is 29.1 Å². The van der Waals surface area contributed by atoms with Gasteiger partial charge in [-0.15, -0.1) is 0 Å². The van der Waals surface area contributed by atoms with E-state index in [1.807, 2.05) is 6.92 Å². The van der Waals surface area contributed by atoms with Gasteiger partial charge in [-0.3, -0.25) is 19.4 Å². The predicted molar refractivity (Wildman–Crippen MR) is 97.8 cm³/mol. The highest BCUT2D eigenvalue weighted by Crippen LogP contribution is 2.31. The maximum absolute atomic E-state index is 13.7. The number of anilines is 2. The summed E-state index contributed by atoms with van der Waals surface area (Å²) in [4.78, 5) is 38.7. The molecule has 2 aromatic rings. The molecule has 0 aromatic heterocycles. The summed E-state index contributed by atoms with van der Waals surface area (Å²) in [5.41, 5.74) is 1.17. The molecule has 0 unspecified atom stereocenters. The first-order valence-corrected chi connectivity index (χ1v) is 8.72. The van der Waals surface area contributed by atoms with E-state index in [1.54, 1.807) is 24.3 Å². The molecule has 2 aromatic carbocycles. The van der Waals surface area contributed by atoms with Crippen molar-refractivity contribution in [1.82, 2.24) is 5.01 Å². The number of imide groups is 1. The minimum Gasteiger partial charge on any atom is -0.322 e. The molecule has 0 spiro atoms. The molecule has 1 fully saturated rings. The van der Waals surface area contributed by atoms with Gasteiger partial charge in [-0.1, -0.05) is 22.9 Å². The Hall–Kier alpha value is -3.69. The van der Waals surface area contributed by atoms with Crippen LogP contribution in [0.15, 0.2) is 52.8 Å². The van der Waals surface area contributed by atoms with E-state index in [4.69, 9.17) is 0 Å². The van der Waals surface area contributed by atoms with Gasteiger partial charge in [0.2, 0.25) is 5.91 Å². The molecule has 29 heavy (non-hydrogen) atoms. The standard InChI is InChI=1S/C19H15F2N5O3/c1-10-2-5-12(6-3-10)26-18(28)16-17(19(26)29)25(24-23-16)9-15(27)22-14-7-4-11(20)8-13(14)21/h2-8,16-17H,9H2,1H3,(H,22,27)/t16-,17-/m1/s1. The number of hydrogen-bond acceptors (Lipinski definition) is 6. The number of rotatable bonds is 4. The number of carbonyl (C=O) groups excluding carboxylic acids is 3. The molecule has 8 nitrogen and oxygen atoms in total. The zero-order chi connectivity index (χ0) is 20.7. The first-order chi connectivity index (χ1) is 13.8. The highest BCUT2D eigenvalue weighted by Gasteiger charge is 2.55. The van der Waals surface area contributed by atoms with Crippen molar-refractivity contribution in [3.05, 3.63) is 59.7 Å². The molecule has 0 bridgehead atoms. The second-order valence-corrected chi connectivity index (χ2v) is 6.71. The normalized spacial score (nSPS) is 20.4. The van der Waals surface area contributed by atoms with Gasteiger partial charge in [0, 0.05) is 6.07 Å². The van der Waals surface area contributed by atoms with Gasteiger partial charge in [0.05, 0.1) is 11.4 Å². The topological polar surface area (TPSA) is 94.4 Å². The number of hydrogen-bond donors (Lipinski definition) is 1. The average molecular weight is 399 g/mol. The van der Waals surface area contributed by atoms with E-state index in [2.05, 4.69) is 15.7 Å². The Kier molecular flexibility index (Phi) is 4.53. The molecule has 148 valence electrons. The Labute approximate surface area is 163 Å². The largest absolute Gasteiger partial charge is 0.322 e. The van der Waals surface area contributed by atoms with E-state index < -0.39 is 48.0 Å². The maximum Gasteiger partial charge on any atom is 0.263 e. The molecule has 3 amide bonds. The van der Waals surface area contributed by atoms with E-state index in [0.29, 0.717) is 11.8 Å². The highest BCUT2D eigenvalue weighted by atomic mass is 19.1. The van der Waals surface area contributed by atoms with Crippen LogP contribution in [-0.4, -0.2) is 41.4 Å². The summed E-state index contributed by atoms with van der Waals surface area (Å²) in [6, 6.07) is 7.48. The number of fused-ring (bicyclic) bond motifs is 1. The van der Waals surface area contributed by atoms with Gasteiger partial charge in [-0.25, -0.2) is 13.7 Å². The summed E-state index contributed by atoms with van der Waals surface area (Å²) >= 11 is 0. The van der Waals surface area contributed by atoms with Crippen molar-refractivity contribution in [2.24, 2.45) is 10.3 Å². The molecule has 10 heteroatoms. The van der Waals surface area contributed by atoms with E-state index in [-0.39, 0.29) is 5.69 Å². The third kappa shape index (κ3) is 3.33. The minimum atomic E-state index is -1.05. The van der Waals surface area contributed by atoms with E-state index >= 15 is 0 Å². The van der Waals surface area contributed by atoms with Crippen LogP contribution in [0.1, 0.15) is 5.56 Å². The fourth-order valence-electron chi connectivity index (χ4n) is 3.23. The fraction of sp³-hybridized carbons (Fsp3) is 0.211. The van der Waals surface area contributed by atoms with E-state index in [1.165, 1.54) is 0 Å². The third-order valence-corrected chi connectivity index (χ3v) is 4.66. The number of amides is 3. The SMILES string of the molecule is Cc1ccc(N2C(=O)[C@@H]3N=NN(CC(=O)Nc4ccc(F)cc4F)[C@H]3C2=O)cc1. The molecule has 2 heterocycles. The van der Waals surface area contributed by atoms with Crippen LogP contribution in [0.3, 0.4) is 0 Å². The van der Waals surface area contributed by atoms with Crippen LogP contribution in [-0.2, 0) is 14.4 Å². The number of aryl methyl sites for hydroxylation is 1. The summed E-state index contributed by atoms with van der Waals surface area (Å²) in [5.74, 6) is -3.47. The first-order valence-electron chi connectivity index (χ1n) is 8.72. The van der Waals surface area contributed by atoms with Crippen molar-refractivity contribution in [3.8, 4) is 0 Å². The molecule has 1 N–H and O–H groups in total. The zero-order valence-electron chi connectivity index (χ0n) is 15.2. The molecule has 0 radical (unpaired) electrons. The van der Waals surface area contributed by atoms with Gasteiger partial charge in [-0.05, 0) is 31.2 Å².